The van der Waals surface area contributed by atoms with E-state index in [0.717, 1.165) is 0 Å². The van der Waals surface area contributed by atoms with Gasteiger partial charge in [-0.25, -0.2) is 4.98 Å². The molecular weight excluding hydrogens is 234 g/mol. The zero-order valence-corrected chi connectivity index (χ0v) is 11.2. The monoisotopic (exact) mass is 253 g/mol. The molecule has 1 aromatic heterocycles. The first kappa shape index (κ1) is 14.2. The number of carboxylic acids is 1. The zero-order chi connectivity index (χ0) is 13.9. The molecule has 0 radical (unpaired) electrons. The number of imidazole rings is 1. The van der Waals surface area contributed by atoms with Crippen molar-refractivity contribution in [2.75, 3.05) is 13.1 Å². The summed E-state index contributed by atoms with van der Waals surface area (Å²) >= 11 is 0. The van der Waals surface area contributed by atoms with Gasteiger partial charge in [0.05, 0.1) is 12.5 Å². The Balaban J connectivity index is 2.93. The Kier molecular flexibility index (Phi) is 4.11. The van der Waals surface area contributed by atoms with E-state index in [0.29, 0.717) is 12.2 Å². The van der Waals surface area contributed by atoms with Crippen molar-refractivity contribution in [3.63, 3.8) is 0 Å². The fourth-order valence-electron chi connectivity index (χ4n) is 1.66. The quantitative estimate of drug-likeness (QED) is 0.868. The lowest BCUT2D eigenvalue weighted by Crippen LogP contribution is -2.41. The fraction of sp³-hybridized carbons (Fsp3) is 0.583. The minimum absolute atomic E-state index is 0.163. The highest BCUT2D eigenvalue weighted by Crippen LogP contribution is 2.16. The maximum atomic E-state index is 12.2. The number of nitrogens with zero attached hydrogens (tertiary/aromatic N) is 3. The Labute approximate surface area is 106 Å². The predicted octanol–water partition coefficient (Wildman–Crippen LogP) is 0.993. The van der Waals surface area contributed by atoms with Crippen molar-refractivity contribution in [2.45, 2.75) is 20.8 Å². The summed E-state index contributed by atoms with van der Waals surface area (Å²) < 4.78 is 1.58. The van der Waals surface area contributed by atoms with Gasteiger partial charge in [-0.05, 0) is 5.41 Å². The van der Waals surface area contributed by atoms with Crippen LogP contribution in [-0.4, -0.2) is 44.5 Å². The summed E-state index contributed by atoms with van der Waals surface area (Å²) in [5.74, 6) is -1.33. The van der Waals surface area contributed by atoms with Crippen LogP contribution in [0.25, 0.3) is 0 Å². The van der Waals surface area contributed by atoms with Crippen molar-refractivity contribution in [1.29, 1.82) is 0 Å². The molecule has 0 bridgehead atoms. The Morgan fingerprint density at radius 2 is 2.06 bits per heavy atom. The number of hydrogen-bond donors (Lipinski definition) is 1. The first-order chi connectivity index (χ1) is 8.20. The van der Waals surface area contributed by atoms with Crippen molar-refractivity contribution in [2.24, 2.45) is 12.5 Å². The molecule has 0 aliphatic heterocycles. The summed E-state index contributed by atoms with van der Waals surface area (Å²) in [4.78, 5) is 28.3. The Hall–Kier alpha value is -1.85. The number of rotatable bonds is 4. The van der Waals surface area contributed by atoms with Gasteiger partial charge in [0.2, 0.25) is 0 Å². The molecule has 0 aliphatic carbocycles. The predicted molar refractivity (Wildman–Crippen MR) is 66.2 cm³/mol. The molecule has 18 heavy (non-hydrogen) atoms. The van der Waals surface area contributed by atoms with Crippen molar-refractivity contribution >= 4 is 11.9 Å². The summed E-state index contributed by atoms with van der Waals surface area (Å²) in [7, 11) is 1.70. The van der Waals surface area contributed by atoms with Crippen LogP contribution in [0.3, 0.4) is 0 Å². The van der Waals surface area contributed by atoms with Gasteiger partial charge in [-0.1, -0.05) is 20.8 Å². The van der Waals surface area contributed by atoms with Crippen molar-refractivity contribution in [3.05, 3.63) is 18.2 Å². The smallest absolute Gasteiger partial charge is 0.323 e. The average Bonchev–Trinajstić information content (AvgIpc) is 2.59. The highest BCUT2D eigenvalue weighted by Gasteiger charge is 2.25. The molecule has 100 valence electrons. The molecule has 0 unspecified atom stereocenters. The van der Waals surface area contributed by atoms with E-state index in [-0.39, 0.29) is 17.9 Å². The van der Waals surface area contributed by atoms with Crippen molar-refractivity contribution in [3.8, 4) is 0 Å². The third kappa shape index (κ3) is 3.87. The lowest BCUT2D eigenvalue weighted by molar-refractivity contribution is -0.138. The highest BCUT2D eigenvalue weighted by molar-refractivity contribution is 5.94. The summed E-state index contributed by atoms with van der Waals surface area (Å²) in [6.45, 7) is 5.94. The zero-order valence-electron chi connectivity index (χ0n) is 11.2. The number of aliphatic carboxylic acids is 1. The van der Waals surface area contributed by atoms with E-state index >= 15 is 0 Å². The number of amides is 1. The molecule has 1 amide bonds. The first-order valence-corrected chi connectivity index (χ1v) is 5.68. The molecule has 1 rings (SSSR count). The molecule has 6 nitrogen and oxygen atoms in total. The maximum absolute atomic E-state index is 12.2. The lowest BCUT2D eigenvalue weighted by atomic mass is 9.96. The normalized spacial score (nSPS) is 11.3. The van der Waals surface area contributed by atoms with Gasteiger partial charge >= 0.3 is 5.97 Å². The second kappa shape index (κ2) is 5.20. The molecule has 0 fully saturated rings. The molecule has 0 aromatic carbocycles. The second-order valence-corrected chi connectivity index (χ2v) is 5.51. The van der Waals surface area contributed by atoms with Crippen LogP contribution in [0.4, 0.5) is 0 Å². The maximum Gasteiger partial charge on any atom is 0.323 e. The fourth-order valence-corrected chi connectivity index (χ4v) is 1.66. The molecule has 0 aliphatic rings. The van der Waals surface area contributed by atoms with Crippen LogP contribution in [0.1, 0.15) is 31.3 Å². The van der Waals surface area contributed by atoms with Crippen LogP contribution in [0.15, 0.2) is 12.5 Å². The van der Waals surface area contributed by atoms with Crippen LogP contribution in [0.5, 0.6) is 0 Å². The largest absolute Gasteiger partial charge is 0.480 e. The van der Waals surface area contributed by atoms with E-state index in [4.69, 9.17) is 5.11 Å². The molecule has 1 aromatic rings. The third-order valence-electron chi connectivity index (χ3n) is 2.31. The van der Waals surface area contributed by atoms with E-state index in [2.05, 4.69) is 4.98 Å². The highest BCUT2D eigenvalue weighted by atomic mass is 16.4. The van der Waals surface area contributed by atoms with Gasteiger partial charge in [0.25, 0.3) is 5.91 Å². The molecule has 0 spiro atoms. The van der Waals surface area contributed by atoms with Crippen molar-refractivity contribution in [1.82, 2.24) is 14.5 Å². The summed E-state index contributed by atoms with van der Waals surface area (Å²) in [6.07, 6.45) is 2.96. The van der Waals surface area contributed by atoms with Crippen molar-refractivity contribution < 1.29 is 14.7 Å². The van der Waals surface area contributed by atoms with Gasteiger partial charge in [0.1, 0.15) is 12.2 Å². The Morgan fingerprint density at radius 1 is 1.44 bits per heavy atom. The van der Waals surface area contributed by atoms with E-state index in [1.165, 1.54) is 17.4 Å². The van der Waals surface area contributed by atoms with Crippen LogP contribution in [-0.2, 0) is 11.8 Å². The summed E-state index contributed by atoms with van der Waals surface area (Å²) in [5, 5.41) is 8.88. The molecule has 1 N–H and O–H groups in total. The Bertz CT molecular complexity index is 446. The average molecular weight is 253 g/mol. The van der Waals surface area contributed by atoms with Gasteiger partial charge in [-0.3, -0.25) is 9.59 Å². The van der Waals surface area contributed by atoms with Crippen LogP contribution in [0.2, 0.25) is 0 Å². The van der Waals surface area contributed by atoms with Gasteiger partial charge in [0, 0.05) is 13.6 Å². The van der Waals surface area contributed by atoms with Gasteiger partial charge < -0.3 is 14.6 Å². The minimum Gasteiger partial charge on any atom is -0.480 e. The van der Waals surface area contributed by atoms with E-state index in [1.807, 2.05) is 20.8 Å². The Morgan fingerprint density at radius 3 is 2.44 bits per heavy atom. The van der Waals surface area contributed by atoms with Gasteiger partial charge in [-0.15, -0.1) is 0 Å². The number of aryl methyl sites for hydroxylation is 1. The molecule has 1 heterocycles. The lowest BCUT2D eigenvalue weighted by Gasteiger charge is -2.28. The topological polar surface area (TPSA) is 75.4 Å². The molecule has 0 saturated heterocycles. The van der Waals surface area contributed by atoms with Crippen LogP contribution >= 0.6 is 0 Å². The van der Waals surface area contributed by atoms with Gasteiger partial charge in [-0.2, -0.15) is 0 Å². The second-order valence-electron chi connectivity index (χ2n) is 5.51. The number of carboxylic acid groups (broad SMARTS) is 1. The van der Waals surface area contributed by atoms with Gasteiger partial charge in [0.15, 0.2) is 0 Å². The SMILES string of the molecule is Cn1cncc1C(=O)N(CC(=O)O)CC(C)(C)C. The molecule has 0 saturated carbocycles. The van der Waals surface area contributed by atoms with Crippen LogP contribution < -0.4 is 0 Å². The van der Waals surface area contributed by atoms with E-state index in [9.17, 15) is 9.59 Å². The third-order valence-corrected chi connectivity index (χ3v) is 2.31. The molecule has 6 heteroatoms. The standard InChI is InChI=1S/C12H19N3O3/c1-12(2,3)7-15(6-10(16)17)11(18)9-5-13-8-14(9)4/h5,8H,6-7H2,1-4H3,(H,16,17). The van der Waals surface area contributed by atoms with E-state index in [1.54, 1.807) is 11.6 Å². The summed E-state index contributed by atoms with van der Waals surface area (Å²) in [5.41, 5.74) is 0.226. The number of hydrogen-bond acceptors (Lipinski definition) is 3. The number of carbonyl (C=O) groups is 2. The molecule has 0 atom stereocenters. The number of aromatic nitrogens is 2. The minimum atomic E-state index is -1.02. The molecular formula is C12H19N3O3. The van der Waals surface area contributed by atoms with Crippen LogP contribution in [0, 0.1) is 5.41 Å². The van der Waals surface area contributed by atoms with E-state index < -0.39 is 5.97 Å². The first-order valence-electron chi connectivity index (χ1n) is 5.68. The number of carbonyl (C=O) groups excluding carboxylic acids is 1. The summed E-state index contributed by atoms with van der Waals surface area (Å²) in [6, 6.07) is 0.